The molecule has 0 aliphatic carbocycles. The number of hydrogen-bond donors (Lipinski definition) is 4. The Labute approximate surface area is 133 Å². The second-order valence-electron chi connectivity index (χ2n) is 6.58. The minimum Gasteiger partial charge on any atom is -0.465 e. The largest absolute Gasteiger partial charge is 0.465 e. The molecular weight excluding hydrogens is 286 g/mol. The quantitative estimate of drug-likeness (QED) is 0.489. The van der Waals surface area contributed by atoms with E-state index < -0.39 is 17.8 Å². The molecule has 0 aromatic rings. The fourth-order valence-electron chi connectivity index (χ4n) is 1.84. The van der Waals surface area contributed by atoms with Crippen molar-refractivity contribution in [2.45, 2.75) is 71.6 Å². The van der Waals surface area contributed by atoms with Gasteiger partial charge in [-0.2, -0.15) is 0 Å². The second-order valence-corrected chi connectivity index (χ2v) is 6.58. The van der Waals surface area contributed by atoms with E-state index in [1.165, 1.54) is 0 Å². The Morgan fingerprint density at radius 1 is 1.05 bits per heavy atom. The zero-order valence-electron chi connectivity index (χ0n) is 14.4. The summed E-state index contributed by atoms with van der Waals surface area (Å²) in [5, 5.41) is 17.0. The van der Waals surface area contributed by atoms with Crippen molar-refractivity contribution in [1.29, 1.82) is 0 Å². The van der Waals surface area contributed by atoms with E-state index in [0.29, 0.717) is 0 Å². The first-order chi connectivity index (χ1) is 10.1. The van der Waals surface area contributed by atoms with Crippen molar-refractivity contribution in [2.24, 2.45) is 0 Å². The first-order valence-electron chi connectivity index (χ1n) is 7.80. The number of hydrogen-bond acceptors (Lipinski definition) is 4. The maximum absolute atomic E-state index is 11.6. The van der Waals surface area contributed by atoms with Crippen LogP contribution in [0.2, 0.25) is 0 Å². The molecule has 22 heavy (non-hydrogen) atoms. The van der Waals surface area contributed by atoms with E-state index in [1.54, 1.807) is 0 Å². The molecule has 7 nitrogen and oxygen atoms in total. The van der Waals surface area contributed by atoms with Crippen molar-refractivity contribution >= 4 is 12.2 Å². The van der Waals surface area contributed by atoms with Gasteiger partial charge in [0, 0.05) is 12.1 Å². The van der Waals surface area contributed by atoms with E-state index in [2.05, 4.69) is 16.0 Å². The van der Waals surface area contributed by atoms with Crippen LogP contribution in [0.3, 0.4) is 0 Å². The van der Waals surface area contributed by atoms with Crippen molar-refractivity contribution in [1.82, 2.24) is 16.0 Å². The molecule has 2 atom stereocenters. The zero-order valence-corrected chi connectivity index (χ0v) is 14.4. The minimum atomic E-state index is -0.984. The molecule has 0 aliphatic rings. The summed E-state index contributed by atoms with van der Waals surface area (Å²) >= 11 is 0. The monoisotopic (exact) mass is 317 g/mol. The molecule has 2 amide bonds. The lowest BCUT2D eigenvalue weighted by Gasteiger charge is -2.22. The Balaban J connectivity index is 3.59. The Hall–Kier alpha value is -1.50. The van der Waals surface area contributed by atoms with E-state index in [1.807, 2.05) is 34.6 Å². The smallest absolute Gasteiger partial charge is 0.407 e. The third kappa shape index (κ3) is 13.5. The summed E-state index contributed by atoms with van der Waals surface area (Å²) < 4.78 is 5.19. The third-order valence-corrected chi connectivity index (χ3v) is 2.88. The van der Waals surface area contributed by atoms with Crippen molar-refractivity contribution in [3.63, 3.8) is 0 Å². The van der Waals surface area contributed by atoms with Gasteiger partial charge >= 0.3 is 12.2 Å². The molecule has 130 valence electrons. The van der Waals surface area contributed by atoms with Gasteiger partial charge in [0.25, 0.3) is 0 Å². The van der Waals surface area contributed by atoms with Gasteiger partial charge in [-0.05, 0) is 67.0 Å². The first kappa shape index (κ1) is 20.5. The summed E-state index contributed by atoms with van der Waals surface area (Å²) in [4.78, 5) is 22.0. The van der Waals surface area contributed by atoms with E-state index >= 15 is 0 Å². The Morgan fingerprint density at radius 2 is 1.64 bits per heavy atom. The van der Waals surface area contributed by atoms with Gasteiger partial charge in [-0.15, -0.1) is 0 Å². The molecule has 0 bridgehead atoms. The highest BCUT2D eigenvalue weighted by Gasteiger charge is 2.17. The number of nitrogens with one attached hydrogen (secondary N) is 3. The average Bonchev–Trinajstić information content (AvgIpc) is 2.29. The van der Waals surface area contributed by atoms with Gasteiger partial charge in [-0.3, -0.25) is 0 Å². The van der Waals surface area contributed by atoms with E-state index in [4.69, 9.17) is 9.84 Å². The SMILES string of the molecule is CC(CCCNCCC(C)NC(=O)OC(C)(C)C)NC(=O)O. The van der Waals surface area contributed by atoms with Gasteiger partial charge in [-0.25, -0.2) is 9.59 Å². The number of carbonyl (C=O) groups excluding carboxylic acids is 1. The number of ether oxygens (including phenoxy) is 1. The van der Waals surface area contributed by atoms with E-state index in [9.17, 15) is 9.59 Å². The summed E-state index contributed by atoms with van der Waals surface area (Å²) in [5.74, 6) is 0. The molecular formula is C15H31N3O4. The molecule has 0 aromatic heterocycles. The lowest BCUT2D eigenvalue weighted by Crippen LogP contribution is -2.39. The summed E-state index contributed by atoms with van der Waals surface area (Å²) in [7, 11) is 0. The molecule has 0 rings (SSSR count). The molecule has 0 aliphatic heterocycles. The van der Waals surface area contributed by atoms with Crippen molar-refractivity contribution < 1.29 is 19.4 Å². The van der Waals surface area contributed by atoms with Crippen molar-refractivity contribution in [3.8, 4) is 0 Å². The van der Waals surface area contributed by atoms with Crippen molar-refractivity contribution in [2.75, 3.05) is 13.1 Å². The molecule has 2 unspecified atom stereocenters. The van der Waals surface area contributed by atoms with E-state index in [-0.39, 0.29) is 12.1 Å². The molecule has 0 saturated heterocycles. The standard InChI is InChI=1S/C15H31N3O4/c1-11(17-13(19)20)7-6-9-16-10-8-12(2)18-14(21)22-15(3,4)5/h11-12,16-17H,6-10H2,1-5H3,(H,18,21)(H,19,20). The van der Waals surface area contributed by atoms with E-state index in [0.717, 1.165) is 32.4 Å². The third-order valence-electron chi connectivity index (χ3n) is 2.88. The number of alkyl carbamates (subject to hydrolysis) is 1. The molecule has 0 saturated carbocycles. The Morgan fingerprint density at radius 3 is 2.18 bits per heavy atom. The maximum atomic E-state index is 11.6. The molecule has 4 N–H and O–H groups in total. The normalized spacial score (nSPS) is 14.0. The van der Waals surface area contributed by atoms with Crippen LogP contribution in [0.1, 0.15) is 53.9 Å². The van der Waals surface area contributed by atoms with Gasteiger partial charge in [-0.1, -0.05) is 0 Å². The van der Waals surface area contributed by atoms with Crippen molar-refractivity contribution in [3.05, 3.63) is 0 Å². The lowest BCUT2D eigenvalue weighted by molar-refractivity contribution is 0.0506. The number of amides is 2. The van der Waals surface area contributed by atoms with Gasteiger partial charge in [0.1, 0.15) is 5.60 Å². The maximum Gasteiger partial charge on any atom is 0.407 e. The van der Waals surface area contributed by atoms with Crippen LogP contribution in [-0.4, -0.2) is 48.1 Å². The van der Waals surface area contributed by atoms with Crippen LogP contribution >= 0.6 is 0 Å². The molecule has 0 aromatic carbocycles. The molecule has 0 spiro atoms. The van der Waals surface area contributed by atoms with Crippen LogP contribution in [0.5, 0.6) is 0 Å². The fraction of sp³-hybridized carbons (Fsp3) is 0.867. The fourth-order valence-corrected chi connectivity index (χ4v) is 1.84. The highest BCUT2D eigenvalue weighted by atomic mass is 16.6. The first-order valence-corrected chi connectivity index (χ1v) is 7.80. The summed E-state index contributed by atoms with van der Waals surface area (Å²) in [6.45, 7) is 10.9. The van der Waals surface area contributed by atoms with Gasteiger partial charge in [0.05, 0.1) is 0 Å². The van der Waals surface area contributed by atoms with Crippen LogP contribution in [0.4, 0.5) is 9.59 Å². The zero-order chi connectivity index (χ0) is 17.2. The summed E-state index contributed by atoms with van der Waals surface area (Å²) in [6, 6.07) is 0.00186. The molecule has 0 heterocycles. The molecule has 0 radical (unpaired) electrons. The number of carbonyl (C=O) groups is 2. The van der Waals surface area contributed by atoms with Gasteiger partial charge < -0.3 is 25.8 Å². The van der Waals surface area contributed by atoms with Gasteiger partial charge in [0.15, 0.2) is 0 Å². The average molecular weight is 317 g/mol. The topological polar surface area (TPSA) is 99.7 Å². The second kappa shape index (κ2) is 10.3. The van der Waals surface area contributed by atoms with Crippen LogP contribution in [0.25, 0.3) is 0 Å². The summed E-state index contributed by atoms with van der Waals surface area (Å²) in [5.41, 5.74) is -0.483. The van der Waals surface area contributed by atoms with Crippen LogP contribution in [0, 0.1) is 0 Å². The highest BCUT2D eigenvalue weighted by Crippen LogP contribution is 2.07. The highest BCUT2D eigenvalue weighted by molar-refractivity contribution is 5.68. The predicted molar refractivity (Wildman–Crippen MR) is 86.2 cm³/mol. The molecule has 0 fully saturated rings. The number of rotatable bonds is 9. The lowest BCUT2D eigenvalue weighted by atomic mass is 10.2. The minimum absolute atomic E-state index is 0.0351. The molecule has 7 heteroatoms. The Kier molecular flexibility index (Phi) is 9.56. The predicted octanol–water partition coefficient (Wildman–Crippen LogP) is 2.32. The van der Waals surface area contributed by atoms with Gasteiger partial charge in [0.2, 0.25) is 0 Å². The number of carboxylic acid groups (broad SMARTS) is 1. The van der Waals surface area contributed by atoms with Crippen LogP contribution in [0.15, 0.2) is 0 Å². The van der Waals surface area contributed by atoms with Crippen LogP contribution in [-0.2, 0) is 4.74 Å². The van der Waals surface area contributed by atoms with Crippen LogP contribution < -0.4 is 16.0 Å². The summed E-state index contributed by atoms with van der Waals surface area (Å²) in [6.07, 6.45) is 1.12. The Bertz CT molecular complexity index is 342.